The highest BCUT2D eigenvalue weighted by Gasteiger charge is 2.25. The van der Waals surface area contributed by atoms with Gasteiger partial charge < -0.3 is 4.74 Å². The molecule has 1 aliphatic rings. The van der Waals surface area contributed by atoms with Crippen LogP contribution in [0.15, 0.2) is 24.3 Å². The third kappa shape index (κ3) is 1.92. The summed E-state index contributed by atoms with van der Waals surface area (Å²) in [6.07, 6.45) is 0.377. The van der Waals surface area contributed by atoms with Crippen molar-refractivity contribution in [3.05, 3.63) is 35.4 Å². The molecule has 1 nitrogen and oxygen atoms in total. The average Bonchev–Trinajstić information content (AvgIpc) is 2.85. The fourth-order valence-corrected chi connectivity index (χ4v) is 1.45. The highest BCUT2D eigenvalue weighted by atomic mass is 16.6. The lowest BCUT2D eigenvalue weighted by molar-refractivity contribution is 0.415. The van der Waals surface area contributed by atoms with Crippen LogP contribution in [-0.2, 0) is 10.2 Å². The maximum atomic E-state index is 5.26. The van der Waals surface area contributed by atoms with Crippen LogP contribution in [0.1, 0.15) is 38.0 Å². The molecule has 0 aromatic heterocycles. The summed E-state index contributed by atoms with van der Waals surface area (Å²) >= 11 is 0. The molecule has 1 aromatic rings. The van der Waals surface area contributed by atoms with Crippen LogP contribution in [0.4, 0.5) is 0 Å². The van der Waals surface area contributed by atoms with Gasteiger partial charge in [-0.2, -0.15) is 0 Å². The van der Waals surface area contributed by atoms with E-state index in [2.05, 4.69) is 45.0 Å². The zero-order chi connectivity index (χ0) is 9.47. The first-order valence-electron chi connectivity index (χ1n) is 4.79. The minimum absolute atomic E-state index is 0.241. The van der Waals surface area contributed by atoms with Gasteiger partial charge in [-0.1, -0.05) is 45.0 Å². The molecule has 2 rings (SSSR count). The Morgan fingerprint density at radius 1 is 1.31 bits per heavy atom. The molecule has 70 valence electrons. The molecule has 13 heavy (non-hydrogen) atoms. The van der Waals surface area contributed by atoms with Gasteiger partial charge in [0.15, 0.2) is 0 Å². The Kier molecular flexibility index (Phi) is 1.92. The quantitative estimate of drug-likeness (QED) is 0.599. The number of ether oxygens (including phenoxy) is 1. The van der Waals surface area contributed by atoms with Gasteiger partial charge in [0.1, 0.15) is 6.10 Å². The lowest BCUT2D eigenvalue weighted by atomic mass is 9.86. The summed E-state index contributed by atoms with van der Waals surface area (Å²) in [7, 11) is 0. The number of epoxide rings is 1. The van der Waals surface area contributed by atoms with E-state index in [0.29, 0.717) is 6.10 Å². The van der Waals surface area contributed by atoms with Gasteiger partial charge in [0, 0.05) is 0 Å². The second-order valence-electron chi connectivity index (χ2n) is 4.70. The zero-order valence-electron chi connectivity index (χ0n) is 8.50. The van der Waals surface area contributed by atoms with Crippen LogP contribution in [0.3, 0.4) is 0 Å². The molecule has 0 unspecified atom stereocenters. The van der Waals surface area contributed by atoms with E-state index >= 15 is 0 Å². The highest BCUT2D eigenvalue weighted by molar-refractivity contribution is 5.31. The summed E-state index contributed by atoms with van der Waals surface area (Å²) in [5.41, 5.74) is 2.96. The molecule has 1 heteroatoms. The Morgan fingerprint density at radius 3 is 2.54 bits per heavy atom. The van der Waals surface area contributed by atoms with Crippen LogP contribution in [-0.4, -0.2) is 6.61 Å². The summed E-state index contributed by atoms with van der Waals surface area (Å²) in [5.74, 6) is 0. The molecule has 0 radical (unpaired) electrons. The second-order valence-corrected chi connectivity index (χ2v) is 4.70. The van der Waals surface area contributed by atoms with Crippen molar-refractivity contribution in [2.24, 2.45) is 0 Å². The number of hydrogen-bond acceptors (Lipinski definition) is 1. The van der Waals surface area contributed by atoms with E-state index in [-0.39, 0.29) is 5.41 Å². The van der Waals surface area contributed by atoms with Crippen molar-refractivity contribution in [2.75, 3.05) is 6.61 Å². The normalized spacial score (nSPS) is 21.6. The Bertz CT molecular complexity index is 305. The smallest absolute Gasteiger partial charge is 0.106 e. The van der Waals surface area contributed by atoms with E-state index in [4.69, 9.17) is 4.74 Å². The van der Waals surface area contributed by atoms with Crippen LogP contribution < -0.4 is 0 Å². The highest BCUT2D eigenvalue weighted by Crippen LogP contribution is 2.32. The fourth-order valence-electron chi connectivity index (χ4n) is 1.45. The van der Waals surface area contributed by atoms with Crippen LogP contribution in [0.5, 0.6) is 0 Å². The first-order valence-corrected chi connectivity index (χ1v) is 4.79. The number of hydrogen-bond donors (Lipinski definition) is 0. The first-order chi connectivity index (χ1) is 6.07. The SMILES string of the molecule is CC(C)(C)c1cccc([C@H]2CO2)c1. The van der Waals surface area contributed by atoms with Crippen LogP contribution in [0.25, 0.3) is 0 Å². The van der Waals surface area contributed by atoms with Crippen LogP contribution in [0, 0.1) is 0 Å². The van der Waals surface area contributed by atoms with E-state index in [1.54, 1.807) is 0 Å². The number of benzene rings is 1. The van der Waals surface area contributed by atoms with Crippen molar-refractivity contribution in [1.29, 1.82) is 0 Å². The maximum Gasteiger partial charge on any atom is 0.106 e. The summed E-state index contributed by atoms with van der Waals surface area (Å²) in [5, 5.41) is 0. The fraction of sp³-hybridized carbons (Fsp3) is 0.500. The van der Waals surface area contributed by atoms with Gasteiger partial charge in [0.05, 0.1) is 6.61 Å². The molecular formula is C12H16O. The van der Waals surface area contributed by atoms with Crippen molar-refractivity contribution >= 4 is 0 Å². The second kappa shape index (κ2) is 2.85. The summed E-state index contributed by atoms with van der Waals surface area (Å²) in [4.78, 5) is 0. The van der Waals surface area contributed by atoms with Gasteiger partial charge >= 0.3 is 0 Å². The van der Waals surface area contributed by atoms with Gasteiger partial charge in [-0.25, -0.2) is 0 Å². The van der Waals surface area contributed by atoms with E-state index in [0.717, 1.165) is 6.61 Å². The summed E-state index contributed by atoms with van der Waals surface area (Å²) in [6.45, 7) is 7.60. The van der Waals surface area contributed by atoms with E-state index in [9.17, 15) is 0 Å². The molecule has 0 N–H and O–H groups in total. The van der Waals surface area contributed by atoms with Crippen molar-refractivity contribution < 1.29 is 4.74 Å². The minimum Gasteiger partial charge on any atom is -0.368 e. The molecule has 1 atom stereocenters. The molecule has 0 amide bonds. The Labute approximate surface area is 79.7 Å². The average molecular weight is 176 g/mol. The molecule has 0 bridgehead atoms. The van der Waals surface area contributed by atoms with E-state index in [1.807, 2.05) is 0 Å². The molecule has 0 aliphatic carbocycles. The molecule has 0 saturated carbocycles. The van der Waals surface area contributed by atoms with Crippen molar-refractivity contribution in [3.8, 4) is 0 Å². The molecule has 1 heterocycles. The van der Waals surface area contributed by atoms with Crippen LogP contribution >= 0.6 is 0 Å². The van der Waals surface area contributed by atoms with E-state index in [1.165, 1.54) is 11.1 Å². The van der Waals surface area contributed by atoms with Gasteiger partial charge in [-0.05, 0) is 16.5 Å². The standard InChI is InChI=1S/C12H16O/c1-12(2,3)10-6-4-5-9(7-10)11-8-13-11/h4-7,11H,8H2,1-3H3/t11-/m1/s1. The predicted octanol–water partition coefficient (Wildman–Crippen LogP) is 3.06. The van der Waals surface area contributed by atoms with Crippen molar-refractivity contribution in [2.45, 2.75) is 32.3 Å². The molecule has 1 saturated heterocycles. The Morgan fingerprint density at radius 2 is 2.00 bits per heavy atom. The maximum absolute atomic E-state index is 5.26. The molecule has 1 fully saturated rings. The van der Waals surface area contributed by atoms with Gasteiger partial charge in [-0.3, -0.25) is 0 Å². The Balaban J connectivity index is 2.32. The zero-order valence-corrected chi connectivity index (χ0v) is 8.50. The minimum atomic E-state index is 0.241. The van der Waals surface area contributed by atoms with Gasteiger partial charge in [-0.15, -0.1) is 0 Å². The predicted molar refractivity (Wildman–Crippen MR) is 53.8 cm³/mol. The summed E-state index contributed by atoms with van der Waals surface area (Å²) < 4.78 is 5.26. The van der Waals surface area contributed by atoms with E-state index < -0.39 is 0 Å². The van der Waals surface area contributed by atoms with Gasteiger partial charge in [0.2, 0.25) is 0 Å². The van der Waals surface area contributed by atoms with Crippen molar-refractivity contribution in [3.63, 3.8) is 0 Å². The topological polar surface area (TPSA) is 12.5 Å². The molecule has 1 aliphatic heterocycles. The molecule has 1 aromatic carbocycles. The third-order valence-electron chi connectivity index (χ3n) is 2.46. The first kappa shape index (κ1) is 8.76. The lowest BCUT2D eigenvalue weighted by Gasteiger charge is -2.19. The van der Waals surface area contributed by atoms with Gasteiger partial charge in [0.25, 0.3) is 0 Å². The van der Waals surface area contributed by atoms with Crippen LogP contribution in [0.2, 0.25) is 0 Å². The lowest BCUT2D eigenvalue weighted by Crippen LogP contribution is -2.11. The monoisotopic (exact) mass is 176 g/mol. The Hall–Kier alpha value is -0.820. The largest absolute Gasteiger partial charge is 0.368 e. The number of rotatable bonds is 1. The molecular weight excluding hydrogens is 160 g/mol. The summed E-state index contributed by atoms with van der Waals surface area (Å²) in [6, 6.07) is 8.72. The molecule has 0 spiro atoms. The van der Waals surface area contributed by atoms with Crippen molar-refractivity contribution in [1.82, 2.24) is 0 Å². The third-order valence-corrected chi connectivity index (χ3v) is 2.46.